The predicted molar refractivity (Wildman–Crippen MR) is 75.7 cm³/mol. The van der Waals surface area contributed by atoms with Gasteiger partial charge in [0.15, 0.2) is 4.77 Å². The summed E-state index contributed by atoms with van der Waals surface area (Å²) in [5.74, 6) is -0.376. The van der Waals surface area contributed by atoms with Crippen LogP contribution >= 0.6 is 35.4 Å². The number of halogens is 2. The Labute approximate surface area is 119 Å². The lowest BCUT2D eigenvalue weighted by Gasteiger charge is -2.12. The minimum absolute atomic E-state index is 0.138. The van der Waals surface area contributed by atoms with Gasteiger partial charge in [-0.3, -0.25) is 4.79 Å². The van der Waals surface area contributed by atoms with Crippen molar-refractivity contribution in [3.05, 3.63) is 26.9 Å². The van der Waals surface area contributed by atoms with Crippen molar-refractivity contribution in [3.8, 4) is 0 Å². The first-order valence-electron chi connectivity index (χ1n) is 5.27. The summed E-state index contributed by atoms with van der Waals surface area (Å²) in [6.07, 6.45) is 0.210. The number of benzene rings is 1. The number of imidazole rings is 1. The molecule has 2 aromatic rings. The van der Waals surface area contributed by atoms with E-state index in [0.29, 0.717) is 14.8 Å². The molecule has 7 heteroatoms. The Morgan fingerprint density at radius 1 is 1.50 bits per heavy atom. The number of amides is 1. The second kappa shape index (κ2) is 4.91. The maximum Gasteiger partial charge on any atom is 0.219 e. The highest BCUT2D eigenvalue weighted by Gasteiger charge is 2.14. The molecule has 0 saturated carbocycles. The molecule has 0 saturated heterocycles. The molecule has 2 rings (SSSR count). The van der Waals surface area contributed by atoms with E-state index in [1.54, 1.807) is 12.1 Å². The number of hydrogen-bond donors (Lipinski definition) is 2. The van der Waals surface area contributed by atoms with E-state index in [-0.39, 0.29) is 18.4 Å². The maximum absolute atomic E-state index is 11.0. The summed E-state index contributed by atoms with van der Waals surface area (Å²) in [7, 11) is 0. The van der Waals surface area contributed by atoms with E-state index in [4.69, 9.17) is 41.2 Å². The Morgan fingerprint density at radius 2 is 2.11 bits per heavy atom. The molecule has 1 heterocycles. The molecule has 1 amide bonds. The molecule has 0 fully saturated rings. The molecule has 0 aliphatic carbocycles. The van der Waals surface area contributed by atoms with Crippen molar-refractivity contribution < 1.29 is 4.79 Å². The summed E-state index contributed by atoms with van der Waals surface area (Å²) in [5, 5.41) is 0.897. The number of nitrogens with two attached hydrogens (primary N) is 1. The maximum atomic E-state index is 11.0. The van der Waals surface area contributed by atoms with Gasteiger partial charge in [0.05, 0.1) is 21.1 Å². The number of rotatable bonds is 3. The minimum atomic E-state index is -0.376. The van der Waals surface area contributed by atoms with Gasteiger partial charge in [-0.2, -0.15) is 0 Å². The average Bonchev–Trinajstić information content (AvgIpc) is 2.53. The zero-order valence-electron chi connectivity index (χ0n) is 9.54. The fourth-order valence-corrected chi connectivity index (χ4v) is 2.65. The van der Waals surface area contributed by atoms with Crippen molar-refractivity contribution in [1.82, 2.24) is 9.55 Å². The fraction of sp³-hybridized carbons (Fsp3) is 0.273. The first-order chi connectivity index (χ1) is 8.40. The lowest BCUT2D eigenvalue weighted by molar-refractivity contribution is -0.118. The van der Waals surface area contributed by atoms with Crippen LogP contribution in [0.15, 0.2) is 12.1 Å². The second-order valence-corrected chi connectivity index (χ2v) is 5.30. The van der Waals surface area contributed by atoms with E-state index in [1.807, 2.05) is 11.5 Å². The van der Waals surface area contributed by atoms with Crippen LogP contribution in [0, 0.1) is 4.77 Å². The molecule has 0 radical (unpaired) electrons. The van der Waals surface area contributed by atoms with Gasteiger partial charge in [0.2, 0.25) is 5.91 Å². The number of aromatic amines is 1. The molecule has 4 nitrogen and oxygen atoms in total. The fourth-order valence-electron chi connectivity index (χ4n) is 1.94. The summed E-state index contributed by atoms with van der Waals surface area (Å²) in [6, 6.07) is 3.30. The number of primary amides is 1. The van der Waals surface area contributed by atoms with E-state index in [1.165, 1.54) is 0 Å². The van der Waals surface area contributed by atoms with Gasteiger partial charge in [0.1, 0.15) is 0 Å². The van der Waals surface area contributed by atoms with E-state index < -0.39 is 0 Å². The zero-order chi connectivity index (χ0) is 13.4. The Kier molecular flexibility index (Phi) is 3.66. The quantitative estimate of drug-likeness (QED) is 0.853. The number of carbonyl (C=O) groups is 1. The van der Waals surface area contributed by atoms with Crippen molar-refractivity contribution in [2.24, 2.45) is 5.73 Å². The molecule has 1 unspecified atom stereocenters. The van der Waals surface area contributed by atoms with Gasteiger partial charge in [-0.05, 0) is 31.3 Å². The SMILES string of the molecule is CC(CC(N)=O)n1c(=S)[nH]c2cc(Cl)c(Cl)cc21. The summed E-state index contributed by atoms with van der Waals surface area (Å²) in [5.41, 5.74) is 6.80. The third-order valence-corrected chi connectivity index (χ3v) is 3.72. The predicted octanol–water partition coefficient (Wildman–Crippen LogP) is 3.44. The average molecular weight is 304 g/mol. The molecule has 96 valence electrons. The van der Waals surface area contributed by atoms with E-state index in [9.17, 15) is 4.79 Å². The standard InChI is InChI=1S/C11H11Cl2N3OS/c1-5(2-10(14)17)16-9-4-7(13)6(12)3-8(9)15-11(16)18/h3-5H,2H2,1H3,(H2,14,17)(H,15,18). The van der Waals surface area contributed by atoms with Crippen LogP contribution in [0.2, 0.25) is 10.0 Å². The highest BCUT2D eigenvalue weighted by Crippen LogP contribution is 2.29. The van der Waals surface area contributed by atoms with Crippen molar-refractivity contribution in [1.29, 1.82) is 0 Å². The number of hydrogen-bond acceptors (Lipinski definition) is 2. The topological polar surface area (TPSA) is 63.8 Å². The first-order valence-corrected chi connectivity index (χ1v) is 6.44. The van der Waals surface area contributed by atoms with Crippen LogP contribution < -0.4 is 5.73 Å². The molecule has 1 aromatic carbocycles. The summed E-state index contributed by atoms with van der Waals surface area (Å²) in [6.45, 7) is 1.87. The van der Waals surface area contributed by atoms with Gasteiger partial charge >= 0.3 is 0 Å². The third kappa shape index (κ3) is 2.39. The Morgan fingerprint density at radius 3 is 2.72 bits per heavy atom. The smallest absolute Gasteiger partial charge is 0.219 e. The Bertz CT molecular complexity index is 677. The molecular formula is C11H11Cl2N3OS. The lowest BCUT2D eigenvalue weighted by Crippen LogP contribution is -2.17. The summed E-state index contributed by atoms with van der Waals surface area (Å²) in [4.78, 5) is 14.0. The first kappa shape index (κ1) is 13.4. The van der Waals surface area contributed by atoms with Gasteiger partial charge in [-0.25, -0.2) is 0 Å². The monoisotopic (exact) mass is 303 g/mol. The normalized spacial score (nSPS) is 12.8. The van der Waals surface area contributed by atoms with Crippen LogP contribution in [0.3, 0.4) is 0 Å². The number of carbonyl (C=O) groups excluding carboxylic acids is 1. The van der Waals surface area contributed by atoms with E-state index in [2.05, 4.69) is 4.98 Å². The highest BCUT2D eigenvalue weighted by atomic mass is 35.5. The number of fused-ring (bicyclic) bond motifs is 1. The van der Waals surface area contributed by atoms with Crippen molar-refractivity contribution >= 4 is 52.4 Å². The van der Waals surface area contributed by atoms with Gasteiger partial charge < -0.3 is 15.3 Å². The van der Waals surface area contributed by atoms with E-state index in [0.717, 1.165) is 11.0 Å². The Balaban J connectivity index is 2.63. The van der Waals surface area contributed by atoms with Crippen LogP contribution in [0.4, 0.5) is 0 Å². The van der Waals surface area contributed by atoms with Crippen LogP contribution in [-0.4, -0.2) is 15.5 Å². The van der Waals surface area contributed by atoms with Gasteiger partial charge in [-0.15, -0.1) is 0 Å². The second-order valence-electron chi connectivity index (χ2n) is 4.10. The molecule has 0 aliphatic heterocycles. The lowest BCUT2D eigenvalue weighted by atomic mass is 10.2. The third-order valence-electron chi connectivity index (χ3n) is 2.70. The van der Waals surface area contributed by atoms with Crippen LogP contribution in [-0.2, 0) is 4.79 Å². The van der Waals surface area contributed by atoms with Crippen LogP contribution in [0.25, 0.3) is 11.0 Å². The van der Waals surface area contributed by atoms with Gasteiger partial charge in [0, 0.05) is 12.5 Å². The molecule has 0 bridgehead atoms. The van der Waals surface area contributed by atoms with Crippen molar-refractivity contribution in [3.63, 3.8) is 0 Å². The largest absolute Gasteiger partial charge is 0.370 e. The molecule has 0 spiro atoms. The van der Waals surface area contributed by atoms with Crippen molar-refractivity contribution in [2.75, 3.05) is 0 Å². The number of nitrogens with zero attached hydrogens (tertiary/aromatic N) is 1. The van der Waals surface area contributed by atoms with Crippen molar-refractivity contribution in [2.45, 2.75) is 19.4 Å². The molecule has 1 aromatic heterocycles. The highest BCUT2D eigenvalue weighted by molar-refractivity contribution is 7.71. The summed E-state index contributed by atoms with van der Waals surface area (Å²) < 4.78 is 2.33. The Hall–Kier alpha value is -1.04. The molecule has 3 N–H and O–H groups in total. The van der Waals surface area contributed by atoms with Gasteiger partial charge in [0.25, 0.3) is 0 Å². The van der Waals surface area contributed by atoms with E-state index >= 15 is 0 Å². The van der Waals surface area contributed by atoms with Crippen LogP contribution in [0.1, 0.15) is 19.4 Å². The minimum Gasteiger partial charge on any atom is -0.370 e. The number of nitrogens with one attached hydrogen (secondary N) is 1. The molecular weight excluding hydrogens is 293 g/mol. The van der Waals surface area contributed by atoms with Crippen LogP contribution in [0.5, 0.6) is 0 Å². The molecule has 18 heavy (non-hydrogen) atoms. The molecule has 0 aliphatic rings. The van der Waals surface area contributed by atoms with Gasteiger partial charge in [-0.1, -0.05) is 23.2 Å². The number of aromatic nitrogens is 2. The summed E-state index contributed by atoms with van der Waals surface area (Å²) >= 11 is 17.2. The number of H-pyrrole nitrogens is 1. The zero-order valence-corrected chi connectivity index (χ0v) is 11.9. The molecule has 1 atom stereocenters.